The SMILES string of the molecule is CS(=O)(=O)c1c(F)cc(C2=CCC=C2c2ccccc2)cc1F. The highest BCUT2D eigenvalue weighted by atomic mass is 32.2. The summed E-state index contributed by atoms with van der Waals surface area (Å²) in [5, 5.41) is 0. The van der Waals surface area contributed by atoms with Gasteiger partial charge in [0.2, 0.25) is 0 Å². The van der Waals surface area contributed by atoms with Gasteiger partial charge in [0.05, 0.1) is 0 Å². The molecule has 0 spiro atoms. The molecule has 1 aliphatic rings. The Labute approximate surface area is 133 Å². The van der Waals surface area contributed by atoms with Gasteiger partial charge in [0.25, 0.3) is 0 Å². The first-order valence-corrected chi connectivity index (χ1v) is 8.92. The fourth-order valence-corrected chi connectivity index (χ4v) is 3.57. The van der Waals surface area contributed by atoms with Gasteiger partial charge in [0.15, 0.2) is 9.84 Å². The van der Waals surface area contributed by atoms with Crippen molar-refractivity contribution in [3.05, 3.63) is 77.4 Å². The van der Waals surface area contributed by atoms with Crippen LogP contribution in [0.1, 0.15) is 17.5 Å². The third-order valence-corrected chi connectivity index (χ3v) is 4.83. The fourth-order valence-electron chi connectivity index (χ4n) is 2.75. The van der Waals surface area contributed by atoms with Crippen molar-refractivity contribution in [3.8, 4) is 0 Å². The van der Waals surface area contributed by atoms with Crippen molar-refractivity contribution in [3.63, 3.8) is 0 Å². The van der Waals surface area contributed by atoms with Crippen molar-refractivity contribution in [1.82, 2.24) is 0 Å². The standard InChI is InChI=1S/C18H14F2O2S/c1-23(21,22)18-16(19)10-13(11-17(18)20)15-9-5-8-14(15)12-6-3-2-4-7-12/h2-4,6-11H,5H2,1H3. The maximum absolute atomic E-state index is 14.1. The van der Waals surface area contributed by atoms with Gasteiger partial charge in [-0.25, -0.2) is 17.2 Å². The number of benzene rings is 2. The van der Waals surface area contributed by atoms with Crippen LogP contribution in [0.3, 0.4) is 0 Å². The second-order valence-corrected chi connectivity index (χ2v) is 7.33. The third-order valence-electron chi connectivity index (χ3n) is 3.70. The molecule has 2 aromatic carbocycles. The van der Waals surface area contributed by atoms with Crippen LogP contribution < -0.4 is 0 Å². The minimum absolute atomic E-state index is 0.333. The average Bonchev–Trinajstić information content (AvgIpc) is 2.95. The van der Waals surface area contributed by atoms with Gasteiger partial charge in [-0.3, -0.25) is 0 Å². The molecule has 0 aromatic heterocycles. The van der Waals surface area contributed by atoms with E-state index in [0.717, 1.165) is 29.5 Å². The topological polar surface area (TPSA) is 34.1 Å². The molecule has 2 nitrogen and oxygen atoms in total. The average molecular weight is 332 g/mol. The zero-order chi connectivity index (χ0) is 16.6. The molecule has 0 unspecified atom stereocenters. The molecule has 0 saturated heterocycles. The van der Waals surface area contributed by atoms with Crippen molar-refractivity contribution in [2.45, 2.75) is 11.3 Å². The zero-order valence-electron chi connectivity index (χ0n) is 12.4. The maximum atomic E-state index is 14.1. The molecule has 0 atom stereocenters. The van der Waals surface area contributed by atoms with Gasteiger partial charge in [0.1, 0.15) is 16.5 Å². The van der Waals surface area contributed by atoms with Crippen molar-refractivity contribution < 1.29 is 17.2 Å². The Morgan fingerprint density at radius 1 is 0.870 bits per heavy atom. The Morgan fingerprint density at radius 2 is 1.39 bits per heavy atom. The molecule has 3 rings (SSSR count). The summed E-state index contributed by atoms with van der Waals surface area (Å²) in [4.78, 5) is -0.884. The van der Waals surface area contributed by atoms with Crippen LogP contribution in [-0.4, -0.2) is 14.7 Å². The second kappa shape index (κ2) is 5.74. The lowest BCUT2D eigenvalue weighted by Gasteiger charge is -2.12. The minimum Gasteiger partial charge on any atom is -0.224 e. The molecule has 0 bridgehead atoms. The number of hydrogen-bond acceptors (Lipinski definition) is 2. The van der Waals surface area contributed by atoms with E-state index in [2.05, 4.69) is 0 Å². The Morgan fingerprint density at radius 3 is 1.91 bits per heavy atom. The summed E-state index contributed by atoms with van der Waals surface area (Å²) in [5.41, 5.74) is 2.87. The van der Waals surface area contributed by atoms with E-state index in [1.165, 1.54) is 0 Å². The van der Waals surface area contributed by atoms with Crippen molar-refractivity contribution in [1.29, 1.82) is 0 Å². The van der Waals surface area contributed by atoms with E-state index >= 15 is 0 Å². The number of allylic oxidation sites excluding steroid dienone is 4. The summed E-state index contributed by atoms with van der Waals surface area (Å²) in [6.07, 6.45) is 5.30. The maximum Gasteiger partial charge on any atom is 0.181 e. The van der Waals surface area contributed by atoms with Crippen LogP contribution in [0.5, 0.6) is 0 Å². The fraction of sp³-hybridized carbons (Fsp3) is 0.111. The predicted molar refractivity (Wildman–Crippen MR) is 86.5 cm³/mol. The van der Waals surface area contributed by atoms with Crippen LogP contribution in [0.2, 0.25) is 0 Å². The summed E-state index contributed by atoms with van der Waals surface area (Å²) in [5.74, 6) is -2.13. The van der Waals surface area contributed by atoms with Crippen LogP contribution in [0.25, 0.3) is 11.1 Å². The molecule has 2 aromatic rings. The first-order chi connectivity index (χ1) is 10.9. The molecule has 0 N–H and O–H groups in total. The summed E-state index contributed by atoms with van der Waals surface area (Å²) in [6, 6.07) is 11.7. The number of rotatable bonds is 3. The quantitative estimate of drug-likeness (QED) is 0.842. The van der Waals surface area contributed by atoms with Gasteiger partial charge in [-0.1, -0.05) is 42.5 Å². The number of sulfone groups is 1. The molecule has 118 valence electrons. The Bertz CT molecular complexity index is 904. The molecule has 1 aliphatic carbocycles. The highest BCUT2D eigenvalue weighted by Crippen LogP contribution is 2.37. The molecule has 5 heteroatoms. The highest BCUT2D eigenvalue weighted by Gasteiger charge is 2.23. The molecule has 0 saturated carbocycles. The van der Waals surface area contributed by atoms with Crippen LogP contribution in [0.15, 0.2) is 59.5 Å². The molecule has 0 heterocycles. The van der Waals surface area contributed by atoms with E-state index in [1.807, 2.05) is 42.5 Å². The summed E-state index contributed by atoms with van der Waals surface area (Å²) in [6.45, 7) is 0. The minimum atomic E-state index is -3.95. The lowest BCUT2D eigenvalue weighted by molar-refractivity contribution is 0.521. The molecule has 23 heavy (non-hydrogen) atoms. The van der Waals surface area contributed by atoms with Crippen LogP contribution in [0.4, 0.5) is 8.78 Å². The molecule has 0 radical (unpaired) electrons. The first-order valence-electron chi connectivity index (χ1n) is 7.03. The lowest BCUT2D eigenvalue weighted by atomic mass is 9.95. The van der Waals surface area contributed by atoms with Crippen molar-refractivity contribution >= 4 is 21.0 Å². The Hall–Kier alpha value is -2.27. The number of hydrogen-bond donors (Lipinski definition) is 0. The second-order valence-electron chi connectivity index (χ2n) is 5.38. The van der Waals surface area contributed by atoms with Crippen molar-refractivity contribution in [2.75, 3.05) is 6.26 Å². The molecule has 0 amide bonds. The summed E-state index contributed by atoms with van der Waals surface area (Å²) in [7, 11) is -3.95. The Balaban J connectivity index is 2.09. The molecule has 0 aliphatic heterocycles. The van der Waals surface area contributed by atoms with E-state index < -0.39 is 26.4 Å². The van der Waals surface area contributed by atoms with Crippen LogP contribution in [0, 0.1) is 11.6 Å². The zero-order valence-corrected chi connectivity index (χ0v) is 13.2. The van der Waals surface area contributed by atoms with Crippen LogP contribution in [-0.2, 0) is 9.84 Å². The van der Waals surface area contributed by atoms with Gasteiger partial charge in [-0.05, 0) is 40.8 Å². The molecular formula is C18H14F2O2S. The van der Waals surface area contributed by atoms with E-state index in [0.29, 0.717) is 17.6 Å². The molecule has 0 fully saturated rings. The van der Waals surface area contributed by atoms with Crippen molar-refractivity contribution in [2.24, 2.45) is 0 Å². The number of halogens is 2. The lowest BCUT2D eigenvalue weighted by Crippen LogP contribution is -2.05. The summed E-state index contributed by atoms with van der Waals surface area (Å²) < 4.78 is 51.2. The van der Waals surface area contributed by atoms with Gasteiger partial charge in [-0.2, -0.15) is 0 Å². The Kier molecular flexibility index (Phi) is 3.90. The largest absolute Gasteiger partial charge is 0.224 e. The first kappa shape index (κ1) is 15.6. The van der Waals surface area contributed by atoms with E-state index in [4.69, 9.17) is 0 Å². The highest BCUT2D eigenvalue weighted by molar-refractivity contribution is 7.90. The van der Waals surface area contributed by atoms with Gasteiger partial charge in [0, 0.05) is 6.26 Å². The van der Waals surface area contributed by atoms with Gasteiger partial charge < -0.3 is 0 Å². The monoisotopic (exact) mass is 332 g/mol. The normalized spacial score (nSPS) is 14.6. The molecular weight excluding hydrogens is 318 g/mol. The van der Waals surface area contributed by atoms with Gasteiger partial charge in [-0.15, -0.1) is 0 Å². The van der Waals surface area contributed by atoms with Gasteiger partial charge >= 0.3 is 0 Å². The van der Waals surface area contributed by atoms with Crippen LogP contribution >= 0.6 is 0 Å². The van der Waals surface area contributed by atoms with E-state index in [9.17, 15) is 17.2 Å². The third kappa shape index (κ3) is 2.97. The summed E-state index contributed by atoms with van der Waals surface area (Å²) >= 11 is 0. The van der Waals surface area contributed by atoms with E-state index in [1.54, 1.807) is 0 Å². The van der Waals surface area contributed by atoms with E-state index in [-0.39, 0.29) is 0 Å². The predicted octanol–water partition coefficient (Wildman–Crippen LogP) is 4.24. The smallest absolute Gasteiger partial charge is 0.181 e.